The third kappa shape index (κ3) is 6.26. The number of carbonyl (C=O) groups is 2. The summed E-state index contributed by atoms with van der Waals surface area (Å²) in [4.78, 5) is 24.9. The van der Waals surface area contributed by atoms with E-state index in [9.17, 15) is 14.7 Å². The molecule has 29 heavy (non-hydrogen) atoms. The molecule has 0 saturated carbocycles. The summed E-state index contributed by atoms with van der Waals surface area (Å²) in [6.45, 7) is 2.99. The van der Waals surface area contributed by atoms with Crippen LogP contribution >= 0.6 is 0 Å². The molecule has 2 heterocycles. The van der Waals surface area contributed by atoms with Crippen molar-refractivity contribution in [3.8, 4) is 0 Å². The zero-order valence-electron chi connectivity index (χ0n) is 17.0. The Balaban J connectivity index is 1.46. The number of hydrogen-bond donors (Lipinski definition) is 3. The van der Waals surface area contributed by atoms with Crippen molar-refractivity contribution in [3.63, 3.8) is 0 Å². The van der Waals surface area contributed by atoms with Crippen LogP contribution in [0.1, 0.15) is 50.6 Å². The van der Waals surface area contributed by atoms with Crippen LogP contribution in [0.15, 0.2) is 30.3 Å². The van der Waals surface area contributed by atoms with Crippen molar-refractivity contribution >= 4 is 11.8 Å². The minimum absolute atomic E-state index is 0.00762. The van der Waals surface area contributed by atoms with E-state index < -0.39 is 6.10 Å². The van der Waals surface area contributed by atoms with Gasteiger partial charge < -0.3 is 25.2 Å². The van der Waals surface area contributed by atoms with E-state index in [0.717, 1.165) is 18.4 Å². The van der Waals surface area contributed by atoms with Crippen molar-refractivity contribution in [3.05, 3.63) is 35.9 Å². The molecule has 7 heteroatoms. The van der Waals surface area contributed by atoms with Gasteiger partial charge in [-0.1, -0.05) is 30.3 Å². The van der Waals surface area contributed by atoms with Gasteiger partial charge in [0.15, 0.2) is 0 Å². The van der Waals surface area contributed by atoms with Crippen LogP contribution in [-0.2, 0) is 19.1 Å². The minimum atomic E-state index is -0.489. The molecule has 2 amide bonds. The van der Waals surface area contributed by atoms with E-state index in [1.54, 1.807) is 0 Å². The van der Waals surface area contributed by atoms with Crippen LogP contribution in [0.5, 0.6) is 0 Å². The van der Waals surface area contributed by atoms with Crippen LogP contribution in [0.2, 0.25) is 0 Å². The van der Waals surface area contributed by atoms with Gasteiger partial charge in [-0.25, -0.2) is 0 Å². The molecule has 0 bridgehead atoms. The lowest BCUT2D eigenvalue weighted by molar-refractivity contribution is -0.139. The molecule has 0 aromatic heterocycles. The minimum Gasteiger partial charge on any atom is -0.394 e. The molecule has 1 aromatic rings. The van der Waals surface area contributed by atoms with Crippen LogP contribution in [0.4, 0.5) is 0 Å². The van der Waals surface area contributed by atoms with Crippen molar-refractivity contribution in [2.75, 3.05) is 19.8 Å². The lowest BCUT2D eigenvalue weighted by Crippen LogP contribution is -2.53. The lowest BCUT2D eigenvalue weighted by atomic mass is 9.94. The number of carbonyl (C=O) groups excluding carboxylic acids is 2. The van der Waals surface area contributed by atoms with Crippen molar-refractivity contribution in [1.29, 1.82) is 0 Å². The van der Waals surface area contributed by atoms with E-state index in [0.29, 0.717) is 26.1 Å². The van der Waals surface area contributed by atoms with Crippen LogP contribution < -0.4 is 10.6 Å². The smallest absolute Gasteiger partial charge is 0.223 e. The first-order valence-corrected chi connectivity index (χ1v) is 10.6. The van der Waals surface area contributed by atoms with Gasteiger partial charge in [0.25, 0.3) is 0 Å². The van der Waals surface area contributed by atoms with Gasteiger partial charge in [-0.05, 0) is 38.2 Å². The maximum Gasteiger partial charge on any atom is 0.223 e. The van der Waals surface area contributed by atoms with Gasteiger partial charge in [0.1, 0.15) is 6.10 Å². The molecule has 2 fully saturated rings. The van der Waals surface area contributed by atoms with Crippen molar-refractivity contribution in [2.24, 2.45) is 5.92 Å². The predicted molar refractivity (Wildman–Crippen MR) is 108 cm³/mol. The Morgan fingerprint density at radius 2 is 1.86 bits per heavy atom. The highest BCUT2D eigenvalue weighted by atomic mass is 16.5. The van der Waals surface area contributed by atoms with Crippen molar-refractivity contribution in [1.82, 2.24) is 10.6 Å². The second-order valence-electron chi connectivity index (χ2n) is 7.96. The molecule has 160 valence electrons. The second kappa shape index (κ2) is 10.7. The summed E-state index contributed by atoms with van der Waals surface area (Å²) in [5.41, 5.74) is 1.05. The Kier molecular flexibility index (Phi) is 8.03. The Morgan fingerprint density at radius 3 is 2.55 bits per heavy atom. The van der Waals surface area contributed by atoms with Gasteiger partial charge in [0, 0.05) is 19.1 Å². The van der Waals surface area contributed by atoms with Gasteiger partial charge in [-0.3, -0.25) is 9.59 Å². The molecular formula is C22H32N2O5. The first-order valence-electron chi connectivity index (χ1n) is 10.6. The highest BCUT2D eigenvalue weighted by Crippen LogP contribution is 2.24. The Bertz CT molecular complexity index is 662. The quantitative estimate of drug-likeness (QED) is 0.643. The Hall–Kier alpha value is -1.96. The number of ether oxygens (including phenoxy) is 2. The first-order chi connectivity index (χ1) is 14.1. The fourth-order valence-electron chi connectivity index (χ4n) is 4.04. The Morgan fingerprint density at radius 1 is 1.14 bits per heavy atom. The number of amides is 2. The molecule has 0 unspecified atom stereocenters. The zero-order valence-corrected chi connectivity index (χ0v) is 17.0. The molecule has 1 aromatic carbocycles. The molecule has 7 nitrogen and oxygen atoms in total. The van der Waals surface area contributed by atoms with Crippen molar-refractivity contribution < 1.29 is 24.2 Å². The third-order valence-electron chi connectivity index (χ3n) is 5.81. The van der Waals surface area contributed by atoms with Crippen LogP contribution in [-0.4, -0.2) is 55.0 Å². The van der Waals surface area contributed by atoms with Gasteiger partial charge in [0.2, 0.25) is 11.8 Å². The number of aliphatic hydroxyl groups is 1. The van der Waals surface area contributed by atoms with E-state index in [1.165, 1.54) is 0 Å². The topological polar surface area (TPSA) is 96.9 Å². The fourth-order valence-corrected chi connectivity index (χ4v) is 4.04. The first kappa shape index (κ1) is 21.7. The highest BCUT2D eigenvalue weighted by molar-refractivity contribution is 5.79. The Labute approximate surface area is 172 Å². The highest BCUT2D eigenvalue weighted by Gasteiger charge is 2.34. The van der Waals surface area contributed by atoms with Gasteiger partial charge in [-0.15, -0.1) is 0 Å². The molecule has 0 spiro atoms. The molecule has 2 saturated heterocycles. The molecule has 2 aliphatic rings. The number of benzene rings is 1. The normalized spacial score (nSPS) is 26.5. The van der Waals surface area contributed by atoms with E-state index in [2.05, 4.69) is 10.6 Å². The summed E-state index contributed by atoms with van der Waals surface area (Å²) in [7, 11) is 0. The average Bonchev–Trinajstić information content (AvgIpc) is 2.75. The predicted octanol–water partition coefficient (Wildman–Crippen LogP) is 1.71. The molecule has 3 rings (SSSR count). The summed E-state index contributed by atoms with van der Waals surface area (Å²) >= 11 is 0. The maximum atomic E-state index is 12.5. The van der Waals surface area contributed by atoms with Crippen LogP contribution in [0.25, 0.3) is 0 Å². The van der Waals surface area contributed by atoms with E-state index in [4.69, 9.17) is 9.47 Å². The lowest BCUT2D eigenvalue weighted by Gasteiger charge is -2.37. The number of nitrogens with one attached hydrogen (secondary N) is 2. The molecule has 0 radical (unpaired) electrons. The van der Waals surface area contributed by atoms with Gasteiger partial charge in [-0.2, -0.15) is 0 Å². The fraction of sp³-hybridized carbons (Fsp3) is 0.636. The zero-order chi connectivity index (χ0) is 20.6. The largest absolute Gasteiger partial charge is 0.394 e. The SMILES string of the molecule is C[C@@H](NC(=O)C[C@@H]1CC[C@H](NC(=O)C2CCOCC2)[C@H](CO)O1)c1ccccc1. The third-order valence-corrected chi connectivity index (χ3v) is 5.81. The summed E-state index contributed by atoms with van der Waals surface area (Å²) in [6, 6.07) is 9.50. The monoisotopic (exact) mass is 404 g/mol. The summed E-state index contributed by atoms with van der Waals surface area (Å²) in [5.74, 6) is -0.105. The summed E-state index contributed by atoms with van der Waals surface area (Å²) < 4.78 is 11.3. The molecule has 4 atom stereocenters. The number of aliphatic hydroxyl groups excluding tert-OH is 1. The number of hydrogen-bond acceptors (Lipinski definition) is 5. The summed E-state index contributed by atoms with van der Waals surface area (Å²) in [6.07, 6.45) is 2.31. The summed E-state index contributed by atoms with van der Waals surface area (Å²) in [5, 5.41) is 15.8. The molecule has 2 aliphatic heterocycles. The number of rotatable bonds is 7. The standard InChI is InChI=1S/C22H32N2O5/c1-15(16-5-3-2-4-6-16)23-21(26)13-18-7-8-19(20(14-25)29-18)24-22(27)17-9-11-28-12-10-17/h2-6,15,17-20,25H,7-14H2,1H3,(H,23,26)(H,24,27)/t15-,18+,19+,20+/m1/s1. The van der Waals surface area contributed by atoms with Gasteiger partial charge >= 0.3 is 0 Å². The van der Waals surface area contributed by atoms with E-state index in [1.807, 2.05) is 37.3 Å². The van der Waals surface area contributed by atoms with Gasteiger partial charge in [0.05, 0.1) is 31.2 Å². The molecular weight excluding hydrogens is 372 g/mol. The van der Waals surface area contributed by atoms with Crippen LogP contribution in [0, 0.1) is 5.92 Å². The molecule has 3 N–H and O–H groups in total. The second-order valence-corrected chi connectivity index (χ2v) is 7.96. The molecule has 0 aliphatic carbocycles. The van der Waals surface area contributed by atoms with Crippen molar-refractivity contribution in [2.45, 2.75) is 63.3 Å². The van der Waals surface area contributed by atoms with E-state index >= 15 is 0 Å². The average molecular weight is 405 g/mol. The van der Waals surface area contributed by atoms with E-state index in [-0.39, 0.29) is 48.9 Å². The maximum absolute atomic E-state index is 12.5. The van der Waals surface area contributed by atoms with Crippen LogP contribution in [0.3, 0.4) is 0 Å².